The zero-order chi connectivity index (χ0) is 14.5. The standard InChI is InChI=1S/C17H24N2O2/c20-17(19-14-8-4-10-18-12-14)15-9-5-11-21-16(15)13-6-2-1-3-7-13/h1-3,6-7,14-16,18H,4-5,8-12H2,(H,19,20)/t14-,15?,16?/m0/s1. The Kier molecular flexibility index (Phi) is 4.88. The van der Waals surface area contributed by atoms with Gasteiger partial charge in [0.15, 0.2) is 0 Å². The van der Waals surface area contributed by atoms with Gasteiger partial charge in [-0.3, -0.25) is 4.79 Å². The number of benzene rings is 1. The summed E-state index contributed by atoms with van der Waals surface area (Å²) in [5.74, 6) is 0.0836. The third kappa shape index (κ3) is 3.63. The molecule has 2 aliphatic rings. The average Bonchev–Trinajstić information content (AvgIpc) is 2.56. The van der Waals surface area contributed by atoms with E-state index in [4.69, 9.17) is 4.74 Å². The van der Waals surface area contributed by atoms with Crippen molar-refractivity contribution in [3.63, 3.8) is 0 Å². The summed E-state index contributed by atoms with van der Waals surface area (Å²) in [5, 5.41) is 6.55. The second-order valence-electron chi connectivity index (χ2n) is 6.00. The fourth-order valence-electron chi connectivity index (χ4n) is 3.30. The molecule has 0 aliphatic carbocycles. The monoisotopic (exact) mass is 288 g/mol. The summed E-state index contributed by atoms with van der Waals surface area (Å²) in [7, 11) is 0. The molecule has 2 N–H and O–H groups in total. The zero-order valence-corrected chi connectivity index (χ0v) is 12.4. The van der Waals surface area contributed by atoms with Gasteiger partial charge in [0.2, 0.25) is 5.91 Å². The number of hydrogen-bond acceptors (Lipinski definition) is 3. The molecule has 2 fully saturated rings. The van der Waals surface area contributed by atoms with E-state index in [0.29, 0.717) is 0 Å². The molecule has 1 aromatic carbocycles. The number of carbonyl (C=O) groups excluding carboxylic acids is 1. The predicted molar refractivity (Wildman–Crippen MR) is 81.9 cm³/mol. The summed E-state index contributed by atoms with van der Waals surface area (Å²) < 4.78 is 5.91. The first-order valence-corrected chi connectivity index (χ1v) is 8.02. The van der Waals surface area contributed by atoms with Crippen molar-refractivity contribution in [3.05, 3.63) is 35.9 Å². The van der Waals surface area contributed by atoms with Crippen molar-refractivity contribution in [1.29, 1.82) is 0 Å². The summed E-state index contributed by atoms with van der Waals surface area (Å²) in [6.07, 6.45) is 3.98. The van der Waals surface area contributed by atoms with Crippen LogP contribution in [0.15, 0.2) is 30.3 Å². The van der Waals surface area contributed by atoms with Crippen molar-refractivity contribution >= 4 is 5.91 Å². The molecule has 2 heterocycles. The van der Waals surface area contributed by atoms with Gasteiger partial charge in [0.25, 0.3) is 0 Å². The van der Waals surface area contributed by atoms with Gasteiger partial charge in [-0.2, -0.15) is 0 Å². The van der Waals surface area contributed by atoms with Gasteiger partial charge in [0.05, 0.1) is 12.0 Å². The maximum atomic E-state index is 12.6. The molecule has 114 valence electrons. The van der Waals surface area contributed by atoms with Crippen LogP contribution in [0.25, 0.3) is 0 Å². The summed E-state index contributed by atoms with van der Waals surface area (Å²) in [6.45, 7) is 2.69. The van der Waals surface area contributed by atoms with Crippen LogP contribution in [0.4, 0.5) is 0 Å². The largest absolute Gasteiger partial charge is 0.373 e. The lowest BCUT2D eigenvalue weighted by molar-refractivity contribution is -0.135. The molecule has 21 heavy (non-hydrogen) atoms. The summed E-state index contributed by atoms with van der Waals surface area (Å²) >= 11 is 0. The topological polar surface area (TPSA) is 50.4 Å². The average molecular weight is 288 g/mol. The molecular formula is C17H24N2O2. The van der Waals surface area contributed by atoms with Crippen LogP contribution in [-0.4, -0.2) is 31.6 Å². The van der Waals surface area contributed by atoms with Crippen LogP contribution >= 0.6 is 0 Å². The van der Waals surface area contributed by atoms with Crippen LogP contribution in [0, 0.1) is 5.92 Å². The first-order valence-electron chi connectivity index (χ1n) is 8.02. The van der Waals surface area contributed by atoms with Crippen LogP contribution in [0.2, 0.25) is 0 Å². The van der Waals surface area contributed by atoms with E-state index in [1.807, 2.05) is 18.2 Å². The van der Waals surface area contributed by atoms with Gasteiger partial charge >= 0.3 is 0 Å². The third-order valence-corrected chi connectivity index (χ3v) is 4.43. The molecule has 0 aromatic heterocycles. The lowest BCUT2D eigenvalue weighted by Gasteiger charge is -2.33. The van der Waals surface area contributed by atoms with E-state index < -0.39 is 0 Å². The minimum Gasteiger partial charge on any atom is -0.373 e. The van der Waals surface area contributed by atoms with E-state index in [1.165, 1.54) is 0 Å². The quantitative estimate of drug-likeness (QED) is 0.894. The van der Waals surface area contributed by atoms with Gasteiger partial charge in [0.1, 0.15) is 0 Å². The number of piperidine rings is 1. The van der Waals surface area contributed by atoms with Crippen LogP contribution in [0.1, 0.15) is 37.4 Å². The molecule has 0 bridgehead atoms. The van der Waals surface area contributed by atoms with Crippen molar-refractivity contribution in [3.8, 4) is 0 Å². The minimum absolute atomic E-state index is 0.0666. The Morgan fingerprint density at radius 1 is 1.19 bits per heavy atom. The molecule has 2 aliphatic heterocycles. The van der Waals surface area contributed by atoms with E-state index in [0.717, 1.165) is 50.9 Å². The van der Waals surface area contributed by atoms with Crippen molar-refractivity contribution in [2.45, 2.75) is 37.8 Å². The van der Waals surface area contributed by atoms with Gasteiger partial charge in [-0.15, -0.1) is 0 Å². The van der Waals surface area contributed by atoms with Gasteiger partial charge in [-0.1, -0.05) is 30.3 Å². The van der Waals surface area contributed by atoms with Crippen molar-refractivity contribution in [2.24, 2.45) is 5.92 Å². The lowest BCUT2D eigenvalue weighted by Crippen LogP contribution is -2.49. The highest BCUT2D eigenvalue weighted by molar-refractivity contribution is 5.80. The molecule has 4 nitrogen and oxygen atoms in total. The Bertz CT molecular complexity index is 457. The van der Waals surface area contributed by atoms with Crippen molar-refractivity contribution < 1.29 is 9.53 Å². The SMILES string of the molecule is O=C(N[C@H]1CCCNC1)C1CCCOC1c1ccccc1. The normalized spacial score (nSPS) is 29.8. The van der Waals surface area contributed by atoms with E-state index in [-0.39, 0.29) is 24.0 Å². The number of nitrogens with one attached hydrogen (secondary N) is 2. The third-order valence-electron chi connectivity index (χ3n) is 4.43. The maximum absolute atomic E-state index is 12.6. The summed E-state index contributed by atoms with van der Waals surface area (Å²) in [4.78, 5) is 12.6. The van der Waals surface area contributed by atoms with Gasteiger partial charge < -0.3 is 15.4 Å². The first-order chi connectivity index (χ1) is 10.3. The van der Waals surface area contributed by atoms with E-state index in [1.54, 1.807) is 0 Å². The number of hydrogen-bond donors (Lipinski definition) is 2. The van der Waals surface area contributed by atoms with Gasteiger partial charge in [-0.05, 0) is 37.8 Å². The molecule has 0 radical (unpaired) electrons. The van der Waals surface area contributed by atoms with Crippen LogP contribution in [-0.2, 0) is 9.53 Å². The van der Waals surface area contributed by atoms with E-state index >= 15 is 0 Å². The predicted octanol–water partition coefficient (Wildman–Crippen LogP) is 2.02. The Labute approximate surface area is 126 Å². The lowest BCUT2D eigenvalue weighted by atomic mass is 9.88. The number of rotatable bonds is 3. The second-order valence-corrected chi connectivity index (χ2v) is 6.00. The van der Waals surface area contributed by atoms with Gasteiger partial charge in [-0.25, -0.2) is 0 Å². The van der Waals surface area contributed by atoms with Crippen LogP contribution in [0.3, 0.4) is 0 Å². The fourth-order valence-corrected chi connectivity index (χ4v) is 3.30. The molecule has 2 unspecified atom stereocenters. The van der Waals surface area contributed by atoms with Crippen LogP contribution in [0.5, 0.6) is 0 Å². The summed E-state index contributed by atoms with van der Waals surface area (Å²) in [6, 6.07) is 10.4. The molecular weight excluding hydrogens is 264 g/mol. The van der Waals surface area contributed by atoms with Gasteiger partial charge in [0, 0.05) is 19.2 Å². The molecule has 1 aromatic rings. The molecule has 0 spiro atoms. The Hall–Kier alpha value is -1.39. The number of amides is 1. The minimum atomic E-state index is -0.100. The highest BCUT2D eigenvalue weighted by Crippen LogP contribution is 2.33. The highest BCUT2D eigenvalue weighted by Gasteiger charge is 2.33. The maximum Gasteiger partial charge on any atom is 0.226 e. The highest BCUT2D eigenvalue weighted by atomic mass is 16.5. The Morgan fingerprint density at radius 2 is 2.05 bits per heavy atom. The molecule has 4 heteroatoms. The molecule has 1 amide bonds. The fraction of sp³-hybridized carbons (Fsp3) is 0.588. The Morgan fingerprint density at radius 3 is 2.81 bits per heavy atom. The van der Waals surface area contributed by atoms with E-state index in [9.17, 15) is 4.79 Å². The molecule has 3 rings (SSSR count). The van der Waals surface area contributed by atoms with Crippen LogP contribution < -0.4 is 10.6 Å². The van der Waals surface area contributed by atoms with Crippen molar-refractivity contribution in [1.82, 2.24) is 10.6 Å². The second kappa shape index (κ2) is 7.05. The first kappa shape index (κ1) is 14.5. The molecule has 3 atom stereocenters. The molecule has 0 saturated carbocycles. The molecule has 2 saturated heterocycles. The summed E-state index contributed by atoms with van der Waals surface area (Å²) in [5.41, 5.74) is 1.11. The van der Waals surface area contributed by atoms with E-state index in [2.05, 4.69) is 22.8 Å². The zero-order valence-electron chi connectivity index (χ0n) is 12.4. The smallest absolute Gasteiger partial charge is 0.226 e. The number of carbonyl (C=O) groups is 1. The Balaban J connectivity index is 1.67. The van der Waals surface area contributed by atoms with Crippen molar-refractivity contribution in [2.75, 3.05) is 19.7 Å². The number of ether oxygens (including phenoxy) is 1.